The van der Waals surface area contributed by atoms with Crippen LogP contribution in [0, 0.1) is 0 Å². The molecule has 5 nitrogen and oxygen atoms in total. The minimum atomic E-state index is 0.00735. The number of rotatable bonds is 5. The van der Waals surface area contributed by atoms with Gasteiger partial charge in [-0.05, 0) is 22.9 Å². The van der Waals surface area contributed by atoms with E-state index in [0.29, 0.717) is 30.6 Å². The van der Waals surface area contributed by atoms with Crippen molar-refractivity contribution < 1.29 is 9.32 Å². The Morgan fingerprint density at radius 3 is 2.88 bits per heavy atom. The summed E-state index contributed by atoms with van der Waals surface area (Å²) in [6.45, 7) is 3.52. The van der Waals surface area contributed by atoms with Gasteiger partial charge in [0.05, 0.1) is 4.88 Å². The largest absolute Gasteiger partial charge is 0.341 e. The minimum Gasteiger partial charge on any atom is -0.341 e. The first-order chi connectivity index (χ1) is 12.2. The zero-order valence-electron chi connectivity index (χ0n) is 14.0. The van der Waals surface area contributed by atoms with Crippen LogP contribution in [0.1, 0.15) is 36.6 Å². The predicted molar refractivity (Wildman–Crippen MR) is 96.4 cm³/mol. The second-order valence-corrected chi connectivity index (χ2v) is 7.39. The van der Waals surface area contributed by atoms with Crippen LogP contribution in [0.15, 0.2) is 52.4 Å². The van der Waals surface area contributed by atoms with Crippen LogP contribution in [0.5, 0.6) is 0 Å². The van der Waals surface area contributed by atoms with E-state index in [9.17, 15) is 4.79 Å². The van der Waals surface area contributed by atoms with Crippen LogP contribution in [0.25, 0.3) is 10.8 Å². The highest BCUT2D eigenvalue weighted by Crippen LogP contribution is 2.30. The van der Waals surface area contributed by atoms with Crippen molar-refractivity contribution in [1.82, 2.24) is 15.0 Å². The molecule has 1 saturated heterocycles. The van der Waals surface area contributed by atoms with Crippen molar-refractivity contribution in [1.29, 1.82) is 0 Å². The summed E-state index contributed by atoms with van der Waals surface area (Å²) in [5, 5.41) is 6.08. The van der Waals surface area contributed by atoms with Gasteiger partial charge < -0.3 is 9.42 Å². The lowest BCUT2D eigenvalue weighted by Gasteiger charge is -2.21. The number of likely N-dealkylation sites (tertiary alicyclic amines) is 1. The number of nitrogens with zero attached hydrogens (tertiary/aromatic N) is 3. The molecule has 0 N–H and O–H groups in total. The molecule has 0 bridgehead atoms. The molecule has 128 valence electrons. The SMILES string of the molecule is CC(CN1CC(c2noc(-c3cccs3)n2)CC1=O)c1ccccc1. The summed E-state index contributed by atoms with van der Waals surface area (Å²) < 4.78 is 5.36. The second-order valence-electron chi connectivity index (χ2n) is 6.45. The van der Waals surface area contributed by atoms with Gasteiger partial charge in [-0.15, -0.1) is 11.3 Å². The molecule has 1 amide bonds. The Morgan fingerprint density at radius 1 is 1.28 bits per heavy atom. The molecule has 0 aliphatic carbocycles. The van der Waals surface area contributed by atoms with Crippen LogP contribution in [0.3, 0.4) is 0 Å². The smallest absolute Gasteiger partial charge is 0.267 e. The molecule has 2 aromatic heterocycles. The first-order valence-corrected chi connectivity index (χ1v) is 9.29. The van der Waals surface area contributed by atoms with Crippen LogP contribution in [-0.2, 0) is 4.79 Å². The topological polar surface area (TPSA) is 59.2 Å². The molecule has 4 rings (SSSR count). The molecule has 1 aliphatic rings. The summed E-state index contributed by atoms with van der Waals surface area (Å²) in [5.41, 5.74) is 1.25. The lowest BCUT2D eigenvalue weighted by atomic mass is 10.0. The number of hydrogen-bond acceptors (Lipinski definition) is 5. The van der Waals surface area contributed by atoms with E-state index in [1.807, 2.05) is 40.6 Å². The molecule has 1 aliphatic heterocycles. The molecule has 3 heterocycles. The molecule has 1 aromatic carbocycles. The van der Waals surface area contributed by atoms with Gasteiger partial charge in [-0.3, -0.25) is 4.79 Å². The summed E-state index contributed by atoms with van der Waals surface area (Å²) in [6.07, 6.45) is 0.449. The van der Waals surface area contributed by atoms with Crippen molar-refractivity contribution in [3.8, 4) is 10.8 Å². The zero-order valence-corrected chi connectivity index (χ0v) is 14.8. The molecule has 2 atom stereocenters. The quantitative estimate of drug-likeness (QED) is 0.697. The van der Waals surface area contributed by atoms with E-state index in [2.05, 4.69) is 29.2 Å². The van der Waals surface area contributed by atoms with Crippen LogP contribution in [0.2, 0.25) is 0 Å². The number of hydrogen-bond donors (Lipinski definition) is 0. The number of aromatic nitrogens is 2. The van der Waals surface area contributed by atoms with E-state index in [1.54, 1.807) is 11.3 Å². The average Bonchev–Trinajstić information content (AvgIpc) is 3.36. The molecule has 0 saturated carbocycles. The number of thiophene rings is 1. The predicted octanol–water partition coefficient (Wildman–Crippen LogP) is 3.92. The Kier molecular flexibility index (Phi) is 4.36. The lowest BCUT2D eigenvalue weighted by Crippen LogP contribution is -2.29. The van der Waals surface area contributed by atoms with Crippen LogP contribution >= 0.6 is 11.3 Å². The summed E-state index contributed by atoms with van der Waals surface area (Å²) in [5.74, 6) is 1.64. The van der Waals surface area contributed by atoms with Crippen molar-refractivity contribution in [3.63, 3.8) is 0 Å². The van der Waals surface area contributed by atoms with Gasteiger partial charge in [-0.2, -0.15) is 4.98 Å². The Morgan fingerprint density at radius 2 is 2.12 bits per heavy atom. The normalized spacial score (nSPS) is 18.7. The Bertz CT molecular complexity index is 845. The summed E-state index contributed by atoms with van der Waals surface area (Å²) in [4.78, 5) is 19.8. The zero-order chi connectivity index (χ0) is 17.2. The van der Waals surface area contributed by atoms with E-state index >= 15 is 0 Å². The van der Waals surface area contributed by atoms with Gasteiger partial charge in [-0.1, -0.05) is 48.5 Å². The Labute approximate surface area is 150 Å². The molecular weight excluding hydrogens is 334 g/mol. The highest BCUT2D eigenvalue weighted by Gasteiger charge is 2.34. The number of amides is 1. The summed E-state index contributed by atoms with van der Waals surface area (Å²) in [7, 11) is 0. The highest BCUT2D eigenvalue weighted by molar-refractivity contribution is 7.13. The second kappa shape index (κ2) is 6.80. The maximum atomic E-state index is 12.4. The third-order valence-electron chi connectivity index (χ3n) is 4.62. The van der Waals surface area contributed by atoms with E-state index in [1.165, 1.54) is 5.56 Å². The van der Waals surface area contributed by atoms with Crippen molar-refractivity contribution in [3.05, 3.63) is 59.2 Å². The standard InChI is InChI=1S/C19H19N3O2S/c1-13(14-6-3-2-4-7-14)11-22-12-15(10-17(22)23)18-20-19(24-21-18)16-8-5-9-25-16/h2-9,13,15H,10-12H2,1H3. The van der Waals surface area contributed by atoms with Gasteiger partial charge in [0.2, 0.25) is 5.91 Å². The number of carbonyl (C=O) groups excluding carboxylic acids is 1. The first kappa shape index (κ1) is 16.0. The van der Waals surface area contributed by atoms with Gasteiger partial charge in [0, 0.05) is 25.4 Å². The van der Waals surface area contributed by atoms with Crippen molar-refractivity contribution in [2.75, 3.05) is 13.1 Å². The fourth-order valence-electron chi connectivity index (χ4n) is 3.24. The third-order valence-corrected chi connectivity index (χ3v) is 5.47. The fourth-order valence-corrected chi connectivity index (χ4v) is 3.88. The maximum absolute atomic E-state index is 12.4. The molecule has 6 heteroatoms. The van der Waals surface area contributed by atoms with Crippen molar-refractivity contribution >= 4 is 17.2 Å². The van der Waals surface area contributed by atoms with Gasteiger partial charge in [-0.25, -0.2) is 0 Å². The van der Waals surface area contributed by atoms with Crippen molar-refractivity contribution in [2.24, 2.45) is 0 Å². The molecule has 2 unspecified atom stereocenters. The van der Waals surface area contributed by atoms with Crippen LogP contribution in [-0.4, -0.2) is 34.0 Å². The van der Waals surface area contributed by atoms with Crippen LogP contribution in [0.4, 0.5) is 0 Å². The molecule has 3 aromatic rings. The van der Waals surface area contributed by atoms with E-state index < -0.39 is 0 Å². The van der Waals surface area contributed by atoms with Gasteiger partial charge in [0.1, 0.15) is 0 Å². The summed E-state index contributed by atoms with van der Waals surface area (Å²) in [6, 6.07) is 14.2. The average molecular weight is 353 g/mol. The Balaban J connectivity index is 1.44. The Hall–Kier alpha value is -2.47. The minimum absolute atomic E-state index is 0.00735. The van der Waals surface area contributed by atoms with E-state index in [-0.39, 0.29) is 11.8 Å². The van der Waals surface area contributed by atoms with Gasteiger partial charge >= 0.3 is 0 Å². The lowest BCUT2D eigenvalue weighted by molar-refractivity contribution is -0.127. The van der Waals surface area contributed by atoms with E-state index in [4.69, 9.17) is 4.52 Å². The number of benzene rings is 1. The summed E-state index contributed by atoms with van der Waals surface area (Å²) >= 11 is 1.57. The molecule has 25 heavy (non-hydrogen) atoms. The van der Waals surface area contributed by atoms with E-state index in [0.717, 1.165) is 11.4 Å². The molecule has 0 radical (unpaired) electrons. The first-order valence-electron chi connectivity index (χ1n) is 8.41. The number of carbonyl (C=O) groups is 1. The van der Waals surface area contributed by atoms with Gasteiger partial charge in [0.15, 0.2) is 5.82 Å². The highest BCUT2D eigenvalue weighted by atomic mass is 32.1. The molecular formula is C19H19N3O2S. The third kappa shape index (κ3) is 3.35. The van der Waals surface area contributed by atoms with Gasteiger partial charge in [0.25, 0.3) is 5.89 Å². The molecule has 1 fully saturated rings. The van der Waals surface area contributed by atoms with Crippen LogP contribution < -0.4 is 0 Å². The molecule has 0 spiro atoms. The fraction of sp³-hybridized carbons (Fsp3) is 0.316. The maximum Gasteiger partial charge on any atom is 0.267 e. The van der Waals surface area contributed by atoms with Crippen molar-refractivity contribution in [2.45, 2.75) is 25.2 Å². The monoisotopic (exact) mass is 353 g/mol.